The van der Waals surface area contributed by atoms with Gasteiger partial charge in [-0.05, 0) is 37.8 Å². The lowest BCUT2D eigenvalue weighted by Crippen LogP contribution is -2.42. The summed E-state index contributed by atoms with van der Waals surface area (Å²) in [7, 11) is 0. The van der Waals surface area contributed by atoms with Crippen molar-refractivity contribution in [3.05, 3.63) is 52.4 Å². The lowest BCUT2D eigenvalue weighted by molar-refractivity contribution is -0.120. The van der Waals surface area contributed by atoms with Gasteiger partial charge in [-0.15, -0.1) is 0 Å². The third-order valence-corrected chi connectivity index (χ3v) is 4.85. The normalized spacial score (nSPS) is 19.2. The quantitative estimate of drug-likeness (QED) is 0.829. The number of hydrogen-bond acceptors (Lipinski definition) is 4. The predicted molar refractivity (Wildman–Crippen MR) is 100.0 cm³/mol. The van der Waals surface area contributed by atoms with Gasteiger partial charge in [0.05, 0.1) is 0 Å². The van der Waals surface area contributed by atoms with Crippen LogP contribution in [-0.2, 0) is 11.2 Å². The van der Waals surface area contributed by atoms with E-state index in [9.17, 15) is 4.79 Å². The zero-order valence-electron chi connectivity index (χ0n) is 14.6. The topological polar surface area (TPSA) is 66.9 Å². The molecule has 0 radical (unpaired) electrons. The fourth-order valence-electron chi connectivity index (χ4n) is 3.18. The van der Waals surface area contributed by atoms with Crippen LogP contribution in [0.15, 0.2) is 30.3 Å². The smallest absolute Gasteiger partial charge is 0.217 e. The Balaban J connectivity index is 1.57. The minimum absolute atomic E-state index is 0.0317. The minimum atomic E-state index is 0.0317. The van der Waals surface area contributed by atoms with E-state index in [1.54, 1.807) is 6.92 Å². The van der Waals surface area contributed by atoms with Gasteiger partial charge in [0.1, 0.15) is 11.6 Å². The Bertz CT molecular complexity index is 759. The van der Waals surface area contributed by atoms with E-state index in [0.29, 0.717) is 5.92 Å². The van der Waals surface area contributed by atoms with Gasteiger partial charge < -0.3 is 10.6 Å². The van der Waals surface area contributed by atoms with Crippen molar-refractivity contribution in [2.24, 2.45) is 0 Å². The average Bonchev–Trinajstić information content (AvgIpc) is 2.51. The number of carbonyl (C=O) groups is 1. The first-order chi connectivity index (χ1) is 12.0. The molecule has 0 bridgehead atoms. The Morgan fingerprint density at radius 2 is 2.04 bits per heavy atom. The maximum atomic E-state index is 11.1. The van der Waals surface area contributed by atoms with Crippen molar-refractivity contribution in [3.8, 4) is 0 Å². The first kappa shape index (κ1) is 17.7. The number of benzene rings is 1. The van der Waals surface area contributed by atoms with E-state index in [4.69, 9.17) is 11.6 Å². The zero-order chi connectivity index (χ0) is 17.8. The van der Waals surface area contributed by atoms with Gasteiger partial charge in [0.25, 0.3) is 0 Å². The third kappa shape index (κ3) is 4.69. The summed E-state index contributed by atoms with van der Waals surface area (Å²) in [5.41, 5.74) is 2.18. The maximum Gasteiger partial charge on any atom is 0.217 e. The van der Waals surface area contributed by atoms with Gasteiger partial charge in [-0.25, -0.2) is 9.97 Å². The molecule has 25 heavy (non-hydrogen) atoms. The predicted octanol–water partition coefficient (Wildman–Crippen LogP) is 3.48. The number of anilines is 1. The molecule has 0 unspecified atom stereocenters. The van der Waals surface area contributed by atoms with Crippen LogP contribution in [0.1, 0.15) is 42.8 Å². The molecular formula is C19H23ClN4O. The van der Waals surface area contributed by atoms with E-state index in [1.165, 1.54) is 0 Å². The van der Waals surface area contributed by atoms with Crippen molar-refractivity contribution in [2.75, 3.05) is 11.9 Å². The largest absolute Gasteiger partial charge is 0.370 e. The minimum Gasteiger partial charge on any atom is -0.370 e. The summed E-state index contributed by atoms with van der Waals surface area (Å²) in [6.07, 6.45) is 2.72. The third-order valence-electron chi connectivity index (χ3n) is 4.48. The van der Waals surface area contributed by atoms with Gasteiger partial charge >= 0.3 is 0 Å². The number of carbonyl (C=O) groups excluding carboxylic acids is 1. The van der Waals surface area contributed by atoms with Crippen LogP contribution in [0.25, 0.3) is 0 Å². The molecule has 1 aromatic carbocycles. The molecule has 0 saturated heterocycles. The first-order valence-corrected chi connectivity index (χ1v) is 8.99. The summed E-state index contributed by atoms with van der Waals surface area (Å²) >= 11 is 6.19. The van der Waals surface area contributed by atoms with Gasteiger partial charge in [0.2, 0.25) is 5.91 Å². The van der Waals surface area contributed by atoms with E-state index in [2.05, 4.69) is 20.6 Å². The van der Waals surface area contributed by atoms with E-state index < -0.39 is 0 Å². The molecule has 0 spiro atoms. The number of halogens is 1. The van der Waals surface area contributed by atoms with Gasteiger partial charge in [-0.2, -0.15) is 0 Å². The maximum absolute atomic E-state index is 11.1. The summed E-state index contributed by atoms with van der Waals surface area (Å²) in [5, 5.41) is 7.12. The molecule has 3 rings (SSSR count). The summed E-state index contributed by atoms with van der Waals surface area (Å²) in [6, 6.07) is 10.2. The Hall–Kier alpha value is -2.14. The second-order valence-corrected chi connectivity index (χ2v) is 6.97. The highest BCUT2D eigenvalue weighted by atomic mass is 35.5. The van der Waals surface area contributed by atoms with Gasteiger partial charge in [-0.1, -0.05) is 29.8 Å². The van der Waals surface area contributed by atoms with E-state index in [1.807, 2.05) is 37.3 Å². The van der Waals surface area contributed by atoms with Crippen LogP contribution in [0.5, 0.6) is 0 Å². The second kappa shape index (κ2) is 7.83. The number of amides is 1. The number of nitrogens with one attached hydrogen (secondary N) is 2. The summed E-state index contributed by atoms with van der Waals surface area (Å²) < 4.78 is 0. The molecule has 0 aliphatic heterocycles. The standard InChI is InChI=1S/C19H23ClN4O/c1-12-22-18(15-9-16(10-15)24-13(2)25)11-19(23-12)21-8-7-14-5-3-4-6-17(14)20/h3-6,11,15-16H,7-10H2,1-2H3,(H,24,25)(H,21,22,23). The van der Waals surface area contributed by atoms with Crippen LogP contribution < -0.4 is 10.6 Å². The fourth-order valence-corrected chi connectivity index (χ4v) is 3.41. The molecule has 1 heterocycles. The highest BCUT2D eigenvalue weighted by molar-refractivity contribution is 6.31. The first-order valence-electron chi connectivity index (χ1n) is 8.61. The average molecular weight is 359 g/mol. The molecule has 2 aromatic rings. The van der Waals surface area contributed by atoms with Crippen LogP contribution in [-0.4, -0.2) is 28.5 Å². The van der Waals surface area contributed by atoms with Crippen LogP contribution in [0.3, 0.4) is 0 Å². The molecule has 1 aliphatic rings. The molecule has 6 heteroatoms. The van der Waals surface area contributed by atoms with Crippen LogP contribution >= 0.6 is 11.6 Å². The Morgan fingerprint density at radius 1 is 1.28 bits per heavy atom. The SMILES string of the molecule is CC(=O)NC1CC(c2cc(NCCc3ccccc3Cl)nc(C)n2)C1. The number of hydrogen-bond donors (Lipinski definition) is 2. The molecule has 1 fully saturated rings. The fraction of sp³-hybridized carbons (Fsp3) is 0.421. The van der Waals surface area contributed by atoms with Crippen LogP contribution in [0, 0.1) is 6.92 Å². The van der Waals surface area contributed by atoms with Crippen molar-refractivity contribution in [2.45, 2.75) is 45.1 Å². The molecule has 1 aliphatic carbocycles. The van der Waals surface area contributed by atoms with Crippen molar-refractivity contribution >= 4 is 23.3 Å². The van der Waals surface area contributed by atoms with Crippen molar-refractivity contribution in [1.82, 2.24) is 15.3 Å². The molecule has 1 saturated carbocycles. The second-order valence-electron chi connectivity index (χ2n) is 6.56. The summed E-state index contributed by atoms with van der Waals surface area (Å²) in [5.74, 6) is 2.03. The molecule has 2 N–H and O–H groups in total. The van der Waals surface area contributed by atoms with Gasteiger partial charge in [-0.3, -0.25) is 4.79 Å². The number of nitrogens with zero attached hydrogens (tertiary/aromatic N) is 2. The molecular weight excluding hydrogens is 336 g/mol. The summed E-state index contributed by atoms with van der Waals surface area (Å²) in [6.45, 7) is 4.23. The van der Waals surface area contributed by atoms with Gasteiger partial charge in [0, 0.05) is 42.2 Å². The summed E-state index contributed by atoms with van der Waals surface area (Å²) in [4.78, 5) is 20.1. The van der Waals surface area contributed by atoms with Crippen molar-refractivity contribution < 1.29 is 4.79 Å². The molecule has 1 aromatic heterocycles. The highest BCUT2D eigenvalue weighted by Crippen LogP contribution is 2.36. The molecule has 0 atom stereocenters. The Labute approximate surface area is 153 Å². The monoisotopic (exact) mass is 358 g/mol. The Morgan fingerprint density at radius 3 is 2.76 bits per heavy atom. The molecule has 132 valence electrons. The lowest BCUT2D eigenvalue weighted by atomic mass is 9.78. The van der Waals surface area contributed by atoms with Gasteiger partial charge in [0.15, 0.2) is 0 Å². The number of aromatic nitrogens is 2. The van der Waals surface area contributed by atoms with Crippen LogP contribution in [0.4, 0.5) is 5.82 Å². The zero-order valence-corrected chi connectivity index (χ0v) is 15.3. The van der Waals surface area contributed by atoms with E-state index in [-0.39, 0.29) is 11.9 Å². The molecule has 5 nitrogen and oxygen atoms in total. The van der Waals surface area contributed by atoms with E-state index >= 15 is 0 Å². The number of rotatable bonds is 6. The van der Waals surface area contributed by atoms with E-state index in [0.717, 1.165) is 53.7 Å². The lowest BCUT2D eigenvalue weighted by Gasteiger charge is -2.35. The van der Waals surface area contributed by atoms with Crippen LogP contribution in [0.2, 0.25) is 5.02 Å². The highest BCUT2D eigenvalue weighted by Gasteiger charge is 2.32. The molecule has 1 amide bonds. The van der Waals surface area contributed by atoms with Crippen molar-refractivity contribution in [1.29, 1.82) is 0 Å². The Kier molecular flexibility index (Phi) is 5.53. The number of aryl methyl sites for hydroxylation is 1. The van der Waals surface area contributed by atoms with Crippen molar-refractivity contribution in [3.63, 3.8) is 0 Å².